The maximum absolute atomic E-state index is 14.0. The van der Waals surface area contributed by atoms with Gasteiger partial charge in [0.1, 0.15) is 11.5 Å². The number of pyridine rings is 2. The lowest BCUT2D eigenvalue weighted by atomic mass is 9.92. The second kappa shape index (κ2) is 16.3. The SMILES string of the molecule is CC[C@@H]1C[C@H](Nc2ncc(N3CCOCC3)cc2Cc2cc(C(F)(F)F)cc(C(F)(F)F)c2)c2nc(C(F)(F)F)ccc2N1C(=O)OCCCCC(=O)O. The normalized spacial score (nSPS) is 18.0. The molecule has 1 saturated heterocycles. The van der Waals surface area contributed by atoms with E-state index in [1.54, 1.807) is 13.0 Å². The number of benzene rings is 1. The molecule has 294 valence electrons. The Morgan fingerprint density at radius 1 is 0.944 bits per heavy atom. The summed E-state index contributed by atoms with van der Waals surface area (Å²) in [6.07, 6.45) is -14.5. The van der Waals surface area contributed by atoms with Crippen LogP contribution in [0.1, 0.15) is 78.7 Å². The molecular weight excluding hydrogens is 741 g/mol. The van der Waals surface area contributed by atoms with Gasteiger partial charge in [0.25, 0.3) is 0 Å². The molecule has 2 aromatic heterocycles. The molecule has 2 atom stereocenters. The second-order valence-corrected chi connectivity index (χ2v) is 12.8. The number of carbonyl (C=O) groups is 2. The molecule has 4 heterocycles. The molecule has 0 spiro atoms. The second-order valence-electron chi connectivity index (χ2n) is 12.8. The number of carboxylic acids is 1. The minimum absolute atomic E-state index is 0.0195. The van der Waals surface area contributed by atoms with Gasteiger partial charge in [0.15, 0.2) is 0 Å². The van der Waals surface area contributed by atoms with Crippen LogP contribution in [0.2, 0.25) is 0 Å². The van der Waals surface area contributed by atoms with Gasteiger partial charge in [-0.25, -0.2) is 14.8 Å². The van der Waals surface area contributed by atoms with Crippen molar-refractivity contribution in [2.24, 2.45) is 0 Å². The molecule has 0 bridgehead atoms. The third-order valence-corrected chi connectivity index (χ3v) is 9.02. The third-order valence-electron chi connectivity index (χ3n) is 9.02. The summed E-state index contributed by atoms with van der Waals surface area (Å²) in [5.74, 6) is -1.06. The van der Waals surface area contributed by atoms with Gasteiger partial charge in [0.05, 0.1) is 60.3 Å². The first-order valence-electron chi connectivity index (χ1n) is 17.0. The first kappa shape index (κ1) is 40.4. The lowest BCUT2D eigenvalue weighted by Gasteiger charge is -2.40. The zero-order chi connectivity index (χ0) is 39.4. The number of rotatable bonds is 11. The predicted octanol–water partition coefficient (Wildman–Crippen LogP) is 8.49. The topological polar surface area (TPSA) is 117 Å². The lowest BCUT2D eigenvalue weighted by Crippen LogP contribution is -2.46. The van der Waals surface area contributed by atoms with Crippen molar-refractivity contribution in [3.8, 4) is 0 Å². The number of fused-ring (bicyclic) bond motifs is 1. The molecule has 10 nitrogen and oxygen atoms in total. The fraction of sp³-hybridized carbons (Fsp3) is 0.486. The predicted molar refractivity (Wildman–Crippen MR) is 176 cm³/mol. The molecule has 19 heteroatoms. The molecule has 0 unspecified atom stereocenters. The number of hydrogen-bond donors (Lipinski definition) is 2. The van der Waals surface area contributed by atoms with Gasteiger partial charge < -0.3 is 24.8 Å². The van der Waals surface area contributed by atoms with Gasteiger partial charge in [0.2, 0.25) is 0 Å². The summed E-state index contributed by atoms with van der Waals surface area (Å²) in [4.78, 5) is 35.5. The summed E-state index contributed by atoms with van der Waals surface area (Å²) in [5.41, 5.74) is -4.24. The molecule has 0 saturated carbocycles. The van der Waals surface area contributed by atoms with E-state index in [2.05, 4.69) is 15.3 Å². The smallest absolute Gasteiger partial charge is 0.433 e. The minimum Gasteiger partial charge on any atom is -0.481 e. The van der Waals surface area contributed by atoms with E-state index >= 15 is 0 Å². The monoisotopic (exact) mass is 777 g/mol. The highest BCUT2D eigenvalue weighted by molar-refractivity contribution is 5.90. The Hall–Kier alpha value is -4.81. The molecule has 2 aliphatic heterocycles. The number of nitrogens with one attached hydrogen (secondary N) is 1. The Kier molecular flexibility index (Phi) is 12.2. The van der Waals surface area contributed by atoms with Crippen molar-refractivity contribution < 1.29 is 63.7 Å². The molecule has 1 fully saturated rings. The van der Waals surface area contributed by atoms with Crippen LogP contribution in [0.5, 0.6) is 0 Å². The number of unbranched alkanes of at least 4 members (excludes halogenated alkanes) is 1. The Balaban J connectivity index is 1.55. The van der Waals surface area contributed by atoms with Crippen LogP contribution in [0.3, 0.4) is 0 Å². The van der Waals surface area contributed by atoms with E-state index in [0.29, 0.717) is 50.2 Å². The number of aliphatic carboxylic acids is 1. The molecule has 5 rings (SSSR count). The summed E-state index contributed by atoms with van der Waals surface area (Å²) < 4.78 is 135. The summed E-state index contributed by atoms with van der Waals surface area (Å²) in [6.45, 7) is 3.11. The number of alkyl halides is 9. The molecule has 54 heavy (non-hydrogen) atoms. The van der Waals surface area contributed by atoms with Gasteiger partial charge in [-0.1, -0.05) is 6.92 Å². The number of morpholine rings is 1. The molecular formula is C35H36F9N5O5. The molecule has 2 N–H and O–H groups in total. The van der Waals surface area contributed by atoms with E-state index in [9.17, 15) is 49.1 Å². The number of amides is 1. The number of carbonyl (C=O) groups excluding carboxylic acids is 1. The highest BCUT2D eigenvalue weighted by Gasteiger charge is 2.41. The van der Waals surface area contributed by atoms with Gasteiger partial charge in [-0.3, -0.25) is 9.69 Å². The zero-order valence-corrected chi connectivity index (χ0v) is 28.7. The van der Waals surface area contributed by atoms with Crippen molar-refractivity contribution in [1.29, 1.82) is 0 Å². The van der Waals surface area contributed by atoms with E-state index in [4.69, 9.17) is 14.6 Å². The van der Waals surface area contributed by atoms with Crippen LogP contribution in [0, 0.1) is 0 Å². The van der Waals surface area contributed by atoms with Crippen molar-refractivity contribution in [2.75, 3.05) is 48.0 Å². The van der Waals surface area contributed by atoms with E-state index in [-0.39, 0.29) is 73.1 Å². The van der Waals surface area contributed by atoms with Crippen LogP contribution in [0.15, 0.2) is 42.6 Å². The highest BCUT2D eigenvalue weighted by Crippen LogP contribution is 2.43. The minimum atomic E-state index is -5.10. The fourth-order valence-electron chi connectivity index (χ4n) is 6.37. The Bertz CT molecular complexity index is 1780. The largest absolute Gasteiger partial charge is 0.481 e. The Morgan fingerprint density at radius 2 is 1.61 bits per heavy atom. The first-order chi connectivity index (χ1) is 25.3. The van der Waals surface area contributed by atoms with E-state index < -0.39 is 65.9 Å². The summed E-state index contributed by atoms with van der Waals surface area (Å²) in [7, 11) is 0. The van der Waals surface area contributed by atoms with Crippen LogP contribution in [0.25, 0.3) is 0 Å². The average molecular weight is 778 g/mol. The van der Waals surface area contributed by atoms with E-state index in [1.165, 1.54) is 11.1 Å². The number of anilines is 3. The van der Waals surface area contributed by atoms with Crippen molar-refractivity contribution in [2.45, 2.75) is 76.1 Å². The number of carboxylic acid groups (broad SMARTS) is 1. The standard InChI is InChI=1S/C35H36F9N5O5/c1-2-24-18-26(30-27(6-7-28(47-30)35(42,43)44)49(24)32(52)54-10-4-3-5-29(50)51)46-31-21(16-25(19-45-31)48-8-11-53-12-9-48)13-20-14-22(33(36,37)38)17-23(15-20)34(39,40)41/h6-7,14-17,19,24,26H,2-5,8-13,18H2,1H3,(H,45,46)(H,50,51)/t24-,26+/m1/s1. The van der Waals surface area contributed by atoms with Crippen molar-refractivity contribution in [1.82, 2.24) is 9.97 Å². The van der Waals surface area contributed by atoms with Gasteiger partial charge >= 0.3 is 30.6 Å². The van der Waals surface area contributed by atoms with Crippen molar-refractivity contribution in [3.63, 3.8) is 0 Å². The molecule has 3 aromatic rings. The molecule has 0 aliphatic carbocycles. The maximum Gasteiger partial charge on any atom is 0.433 e. The van der Waals surface area contributed by atoms with Crippen LogP contribution < -0.4 is 15.1 Å². The van der Waals surface area contributed by atoms with Crippen molar-refractivity contribution in [3.05, 3.63) is 76.2 Å². The number of hydrogen-bond acceptors (Lipinski definition) is 8. The number of ether oxygens (including phenoxy) is 2. The fourth-order valence-corrected chi connectivity index (χ4v) is 6.37. The summed E-state index contributed by atoms with van der Waals surface area (Å²) in [6, 6.07) is 2.80. The molecule has 0 radical (unpaired) electrons. The summed E-state index contributed by atoms with van der Waals surface area (Å²) >= 11 is 0. The van der Waals surface area contributed by atoms with E-state index in [0.717, 1.165) is 6.07 Å². The quantitative estimate of drug-likeness (QED) is 0.146. The number of halogens is 9. The molecule has 1 amide bonds. The number of nitrogens with zero attached hydrogens (tertiary/aromatic N) is 4. The Morgan fingerprint density at radius 3 is 2.20 bits per heavy atom. The van der Waals surface area contributed by atoms with Gasteiger partial charge in [-0.2, -0.15) is 39.5 Å². The third kappa shape index (κ3) is 9.83. The van der Waals surface area contributed by atoms with Crippen LogP contribution in [-0.2, 0) is 39.2 Å². The first-order valence-corrected chi connectivity index (χ1v) is 17.0. The average Bonchev–Trinajstić information content (AvgIpc) is 3.10. The Labute approximate surface area is 303 Å². The molecule has 1 aromatic carbocycles. The highest BCUT2D eigenvalue weighted by atomic mass is 19.4. The van der Waals surface area contributed by atoms with Crippen molar-refractivity contribution >= 4 is 29.3 Å². The maximum atomic E-state index is 14.0. The summed E-state index contributed by atoms with van der Waals surface area (Å²) in [5, 5.41) is 11.9. The van der Waals surface area contributed by atoms with Gasteiger partial charge in [-0.05, 0) is 67.6 Å². The lowest BCUT2D eigenvalue weighted by molar-refractivity contribution is -0.143. The zero-order valence-electron chi connectivity index (χ0n) is 28.7. The molecule has 2 aliphatic rings. The van der Waals surface area contributed by atoms with Crippen LogP contribution in [-0.4, -0.2) is 66.1 Å². The van der Waals surface area contributed by atoms with Crippen LogP contribution in [0.4, 0.5) is 61.5 Å². The van der Waals surface area contributed by atoms with E-state index in [1.807, 2.05) is 4.90 Å². The van der Waals surface area contributed by atoms with Gasteiger partial charge in [-0.15, -0.1) is 0 Å². The van der Waals surface area contributed by atoms with Crippen LogP contribution >= 0.6 is 0 Å². The van der Waals surface area contributed by atoms with Gasteiger partial charge in [0, 0.05) is 37.5 Å². The number of aromatic nitrogens is 2.